The molecule has 1 aromatic rings. The number of likely N-dealkylation sites (tertiary alicyclic amines) is 1. The molecule has 0 bridgehead atoms. The molecule has 0 aromatic carbocycles. The van der Waals surface area contributed by atoms with Gasteiger partial charge in [-0.15, -0.1) is 0 Å². The van der Waals surface area contributed by atoms with E-state index in [4.69, 9.17) is 21.1 Å². The maximum absolute atomic E-state index is 12.4. The highest BCUT2D eigenvalue weighted by Gasteiger charge is 2.36. The maximum Gasteiger partial charge on any atom is 0.409 e. The van der Waals surface area contributed by atoms with E-state index < -0.39 is 41.7 Å². The highest BCUT2D eigenvalue weighted by Crippen LogP contribution is 2.15. The summed E-state index contributed by atoms with van der Waals surface area (Å²) in [6.45, 7) is 7.39. The van der Waals surface area contributed by atoms with Gasteiger partial charge >= 0.3 is 24.0 Å². The molecule has 0 saturated carbocycles. The predicted octanol–water partition coefficient (Wildman–Crippen LogP) is 1.91. The Morgan fingerprint density at radius 2 is 1.88 bits per heavy atom. The van der Waals surface area contributed by atoms with Crippen molar-refractivity contribution < 1.29 is 28.7 Å². The molecule has 12 heteroatoms. The van der Waals surface area contributed by atoms with Gasteiger partial charge in [-0.3, -0.25) is 9.59 Å². The molecular weight excluding hydrogens is 442 g/mol. The second kappa shape index (κ2) is 11.0. The average molecular weight is 470 g/mol. The van der Waals surface area contributed by atoms with E-state index >= 15 is 0 Å². The summed E-state index contributed by atoms with van der Waals surface area (Å²) in [5.74, 6) is -1.67. The van der Waals surface area contributed by atoms with Crippen LogP contribution < -0.4 is 16.0 Å². The number of carbonyl (C=O) groups excluding carboxylic acids is 4. The fourth-order valence-electron chi connectivity index (χ4n) is 2.97. The lowest BCUT2D eigenvalue weighted by molar-refractivity contribution is -0.137. The first-order valence-corrected chi connectivity index (χ1v) is 10.5. The number of hydrogen-bond donors (Lipinski definition) is 3. The molecule has 1 saturated heterocycles. The van der Waals surface area contributed by atoms with Gasteiger partial charge in [-0.2, -0.15) is 0 Å². The van der Waals surface area contributed by atoms with Crippen LogP contribution in [0.25, 0.3) is 0 Å². The van der Waals surface area contributed by atoms with E-state index in [-0.39, 0.29) is 31.9 Å². The predicted molar refractivity (Wildman–Crippen MR) is 116 cm³/mol. The summed E-state index contributed by atoms with van der Waals surface area (Å²) in [7, 11) is 0. The molecule has 32 heavy (non-hydrogen) atoms. The van der Waals surface area contributed by atoms with E-state index in [9.17, 15) is 19.2 Å². The van der Waals surface area contributed by atoms with Crippen molar-refractivity contribution in [2.24, 2.45) is 0 Å². The third kappa shape index (κ3) is 7.88. The monoisotopic (exact) mass is 469 g/mol. The minimum atomic E-state index is -0.927. The highest BCUT2D eigenvalue weighted by atomic mass is 35.5. The van der Waals surface area contributed by atoms with Crippen molar-refractivity contribution >= 4 is 41.4 Å². The molecular formula is C20H28ClN5O6. The van der Waals surface area contributed by atoms with E-state index in [1.807, 2.05) is 0 Å². The Labute approximate surface area is 191 Å². The van der Waals surface area contributed by atoms with Crippen LogP contribution in [0.1, 0.15) is 34.1 Å². The van der Waals surface area contributed by atoms with Gasteiger partial charge in [-0.05, 0) is 46.2 Å². The minimum Gasteiger partial charge on any atom is -0.450 e. The number of anilines is 1. The molecule has 0 aliphatic carbocycles. The summed E-state index contributed by atoms with van der Waals surface area (Å²) in [6.07, 6.45) is 0.389. The van der Waals surface area contributed by atoms with E-state index in [1.54, 1.807) is 27.7 Å². The van der Waals surface area contributed by atoms with Gasteiger partial charge in [0.1, 0.15) is 11.4 Å². The summed E-state index contributed by atoms with van der Waals surface area (Å²) < 4.78 is 10.3. The van der Waals surface area contributed by atoms with Gasteiger partial charge in [-0.25, -0.2) is 14.6 Å². The standard InChI is InChI=1S/C20H28ClN5O6/c1-5-31-19(30)26-9-8-13(14(11-26)24-18(29)32-20(2,3)4)23-16(27)17(28)25-15-7-6-12(21)10-22-15/h6-7,10,13-14H,5,8-9,11H2,1-4H3,(H,23,27)(H,24,29)(H,22,25,28). The molecule has 2 atom stereocenters. The summed E-state index contributed by atoms with van der Waals surface area (Å²) in [6, 6.07) is 1.66. The van der Waals surface area contributed by atoms with Crippen molar-refractivity contribution in [2.45, 2.75) is 51.8 Å². The van der Waals surface area contributed by atoms with Crippen LogP contribution in [-0.2, 0) is 19.1 Å². The SMILES string of the molecule is CCOC(=O)N1CCC(NC(=O)C(=O)Nc2ccc(Cl)cn2)C(NC(=O)OC(C)(C)C)C1. The number of rotatable bonds is 4. The van der Waals surface area contributed by atoms with Crippen LogP contribution >= 0.6 is 11.6 Å². The number of aromatic nitrogens is 1. The molecule has 0 radical (unpaired) electrons. The number of amides is 4. The third-order valence-electron chi connectivity index (χ3n) is 4.33. The quantitative estimate of drug-likeness (QED) is 0.572. The van der Waals surface area contributed by atoms with Crippen molar-refractivity contribution in [2.75, 3.05) is 25.0 Å². The van der Waals surface area contributed by atoms with E-state index in [0.29, 0.717) is 5.02 Å². The Hall–Kier alpha value is -3.08. The largest absolute Gasteiger partial charge is 0.450 e. The lowest BCUT2D eigenvalue weighted by atomic mass is 9.99. The number of ether oxygens (including phenoxy) is 2. The number of alkyl carbamates (subject to hydrolysis) is 1. The molecule has 1 aliphatic rings. The zero-order chi connectivity index (χ0) is 23.9. The normalized spacial score (nSPS) is 18.3. The van der Waals surface area contributed by atoms with E-state index in [2.05, 4.69) is 20.9 Å². The van der Waals surface area contributed by atoms with Crippen LogP contribution in [0.15, 0.2) is 18.3 Å². The molecule has 3 N–H and O–H groups in total. The molecule has 1 aromatic heterocycles. The van der Waals surface area contributed by atoms with Crippen molar-refractivity contribution in [3.05, 3.63) is 23.4 Å². The lowest BCUT2D eigenvalue weighted by Gasteiger charge is -2.38. The summed E-state index contributed by atoms with van der Waals surface area (Å²) in [5, 5.41) is 8.03. The first kappa shape index (κ1) is 25.2. The summed E-state index contributed by atoms with van der Waals surface area (Å²) in [5.41, 5.74) is -0.732. The van der Waals surface area contributed by atoms with E-state index in [1.165, 1.54) is 23.2 Å². The zero-order valence-electron chi connectivity index (χ0n) is 18.4. The number of nitrogens with one attached hydrogen (secondary N) is 3. The topological polar surface area (TPSA) is 139 Å². The van der Waals surface area contributed by atoms with E-state index in [0.717, 1.165) is 0 Å². The van der Waals surface area contributed by atoms with Gasteiger partial charge in [0.25, 0.3) is 0 Å². The number of carbonyl (C=O) groups is 4. The van der Waals surface area contributed by atoms with Crippen LogP contribution in [0.4, 0.5) is 15.4 Å². The van der Waals surface area contributed by atoms with Gasteiger partial charge in [0.05, 0.1) is 23.7 Å². The second-order valence-electron chi connectivity index (χ2n) is 8.08. The molecule has 11 nitrogen and oxygen atoms in total. The molecule has 1 aliphatic heterocycles. The van der Waals surface area contributed by atoms with Gasteiger partial charge in [0.2, 0.25) is 0 Å². The molecule has 2 unspecified atom stereocenters. The number of piperidine rings is 1. The molecule has 4 amide bonds. The Morgan fingerprint density at radius 1 is 1.16 bits per heavy atom. The number of halogens is 1. The van der Waals surface area contributed by atoms with Crippen molar-refractivity contribution in [3.63, 3.8) is 0 Å². The Kier molecular flexibility index (Phi) is 8.64. The van der Waals surface area contributed by atoms with Crippen LogP contribution in [0.2, 0.25) is 5.02 Å². The molecule has 2 rings (SSSR count). The highest BCUT2D eigenvalue weighted by molar-refractivity contribution is 6.39. The third-order valence-corrected chi connectivity index (χ3v) is 4.56. The van der Waals surface area contributed by atoms with Crippen molar-refractivity contribution in [1.82, 2.24) is 20.5 Å². The Morgan fingerprint density at radius 3 is 2.47 bits per heavy atom. The summed E-state index contributed by atoms with van der Waals surface area (Å²) in [4.78, 5) is 54.4. The van der Waals surface area contributed by atoms with Crippen molar-refractivity contribution in [1.29, 1.82) is 0 Å². The van der Waals surface area contributed by atoms with Gasteiger partial charge in [0.15, 0.2) is 0 Å². The molecule has 2 heterocycles. The van der Waals surface area contributed by atoms with Gasteiger partial charge < -0.3 is 30.3 Å². The van der Waals surface area contributed by atoms with Crippen LogP contribution in [-0.4, -0.2) is 71.3 Å². The van der Waals surface area contributed by atoms with Crippen LogP contribution in [0.5, 0.6) is 0 Å². The number of pyridine rings is 1. The Bertz CT molecular complexity index is 842. The van der Waals surface area contributed by atoms with Crippen LogP contribution in [0.3, 0.4) is 0 Å². The smallest absolute Gasteiger partial charge is 0.409 e. The fraction of sp³-hybridized carbons (Fsp3) is 0.550. The summed E-state index contributed by atoms with van der Waals surface area (Å²) >= 11 is 5.75. The number of hydrogen-bond acceptors (Lipinski definition) is 7. The second-order valence-corrected chi connectivity index (χ2v) is 8.52. The average Bonchev–Trinajstić information content (AvgIpc) is 2.69. The number of nitrogens with zero attached hydrogens (tertiary/aromatic N) is 2. The molecule has 1 fully saturated rings. The zero-order valence-corrected chi connectivity index (χ0v) is 19.2. The van der Waals surface area contributed by atoms with Gasteiger partial charge in [-0.1, -0.05) is 11.6 Å². The van der Waals surface area contributed by atoms with Crippen LogP contribution in [0, 0.1) is 0 Å². The molecule has 176 valence electrons. The van der Waals surface area contributed by atoms with Gasteiger partial charge in [0, 0.05) is 19.3 Å². The molecule has 0 spiro atoms. The first-order chi connectivity index (χ1) is 15.0. The van der Waals surface area contributed by atoms with Crippen molar-refractivity contribution in [3.8, 4) is 0 Å². The lowest BCUT2D eigenvalue weighted by Crippen LogP contribution is -2.62. The minimum absolute atomic E-state index is 0.0728. The Balaban J connectivity index is 2.05. The first-order valence-electron chi connectivity index (χ1n) is 10.1. The fourth-order valence-corrected chi connectivity index (χ4v) is 3.08. The maximum atomic E-state index is 12.4.